The molecule has 1 aliphatic rings. The summed E-state index contributed by atoms with van der Waals surface area (Å²) in [5, 5.41) is 10.9. The predicted octanol–water partition coefficient (Wildman–Crippen LogP) is 2.12. The van der Waals surface area contributed by atoms with Crippen LogP contribution in [0.15, 0.2) is 15.9 Å². The number of carboxylic acids is 1. The van der Waals surface area contributed by atoms with Crippen molar-refractivity contribution in [3.63, 3.8) is 0 Å². The second-order valence-electron chi connectivity index (χ2n) is 4.97. The molecular weight excluding hydrogens is 374 g/mol. The number of hydrogen-bond donors (Lipinski definition) is 1. The molecule has 0 bridgehead atoms. The molecule has 2 heterocycles. The Labute approximate surface area is 141 Å². The van der Waals surface area contributed by atoms with Crippen LogP contribution in [-0.2, 0) is 25.6 Å². The summed E-state index contributed by atoms with van der Waals surface area (Å²) in [5.74, 6) is -1.19. The van der Waals surface area contributed by atoms with E-state index >= 15 is 0 Å². The fraction of sp³-hybridized carbons (Fsp3) is 0.571. The lowest BCUT2D eigenvalue weighted by molar-refractivity contribution is -0.155. The van der Waals surface area contributed by atoms with E-state index in [1.165, 1.54) is 0 Å². The van der Waals surface area contributed by atoms with Gasteiger partial charge in [-0.3, -0.25) is 4.79 Å². The molecule has 2 atom stereocenters. The number of carbonyl (C=O) groups is 2. The second-order valence-corrected chi connectivity index (χ2v) is 6.83. The molecule has 22 heavy (non-hydrogen) atoms. The van der Waals surface area contributed by atoms with E-state index in [2.05, 4.69) is 15.9 Å². The number of thiophene rings is 1. The number of halogens is 1. The molecule has 0 radical (unpaired) electrons. The van der Waals surface area contributed by atoms with E-state index in [1.807, 2.05) is 11.4 Å². The first kappa shape index (κ1) is 17.4. The van der Waals surface area contributed by atoms with Crippen molar-refractivity contribution in [3.8, 4) is 0 Å². The number of aliphatic carboxylic acids is 1. The molecule has 1 fully saturated rings. The van der Waals surface area contributed by atoms with Gasteiger partial charge in [0.1, 0.15) is 6.10 Å². The van der Waals surface area contributed by atoms with E-state index in [4.69, 9.17) is 14.6 Å². The SMILES string of the molecule is COCCN(Cc1sccc1Br)C(=O)[C@@H]1CC[C@H](C(=O)O)O1. The number of carboxylic acid groups (broad SMARTS) is 1. The number of methoxy groups -OCH3 is 1. The van der Waals surface area contributed by atoms with Crippen LogP contribution in [0.4, 0.5) is 0 Å². The van der Waals surface area contributed by atoms with Gasteiger partial charge >= 0.3 is 5.97 Å². The van der Waals surface area contributed by atoms with E-state index in [9.17, 15) is 9.59 Å². The summed E-state index contributed by atoms with van der Waals surface area (Å²) >= 11 is 5.02. The van der Waals surface area contributed by atoms with Crippen molar-refractivity contribution in [2.75, 3.05) is 20.3 Å². The quantitative estimate of drug-likeness (QED) is 0.770. The van der Waals surface area contributed by atoms with Gasteiger partial charge in [0.2, 0.25) is 0 Å². The Morgan fingerprint density at radius 3 is 2.77 bits per heavy atom. The van der Waals surface area contributed by atoms with Crippen molar-refractivity contribution < 1.29 is 24.2 Å². The van der Waals surface area contributed by atoms with Gasteiger partial charge in [-0.05, 0) is 40.2 Å². The van der Waals surface area contributed by atoms with Gasteiger partial charge in [0.25, 0.3) is 5.91 Å². The highest BCUT2D eigenvalue weighted by atomic mass is 79.9. The minimum absolute atomic E-state index is 0.180. The van der Waals surface area contributed by atoms with E-state index in [-0.39, 0.29) is 5.91 Å². The molecule has 0 unspecified atom stereocenters. The molecule has 0 spiro atoms. The molecule has 6 nitrogen and oxygen atoms in total. The molecule has 1 saturated heterocycles. The Balaban J connectivity index is 2.03. The Hall–Kier alpha value is -0.960. The Morgan fingerprint density at radius 1 is 1.50 bits per heavy atom. The van der Waals surface area contributed by atoms with Crippen LogP contribution in [-0.4, -0.2) is 54.4 Å². The van der Waals surface area contributed by atoms with Crippen LogP contribution in [0.2, 0.25) is 0 Å². The Bertz CT molecular complexity index is 535. The van der Waals surface area contributed by atoms with Crippen LogP contribution in [0, 0.1) is 0 Å². The molecule has 1 aromatic heterocycles. The van der Waals surface area contributed by atoms with Crippen molar-refractivity contribution >= 4 is 39.1 Å². The number of nitrogens with zero attached hydrogens (tertiary/aromatic N) is 1. The molecule has 0 aliphatic carbocycles. The summed E-state index contributed by atoms with van der Waals surface area (Å²) in [4.78, 5) is 26.2. The average Bonchev–Trinajstić information content (AvgIpc) is 3.12. The van der Waals surface area contributed by atoms with Crippen LogP contribution in [0.3, 0.4) is 0 Å². The minimum atomic E-state index is -1.01. The Morgan fingerprint density at radius 2 is 2.23 bits per heavy atom. The lowest BCUT2D eigenvalue weighted by atomic mass is 10.2. The summed E-state index contributed by atoms with van der Waals surface area (Å²) in [6, 6.07) is 1.94. The maximum absolute atomic E-state index is 12.6. The van der Waals surface area contributed by atoms with Crippen LogP contribution >= 0.6 is 27.3 Å². The third-order valence-electron chi connectivity index (χ3n) is 3.47. The lowest BCUT2D eigenvalue weighted by Gasteiger charge is -2.25. The third kappa shape index (κ3) is 4.28. The molecule has 1 N–H and O–H groups in total. The normalized spacial score (nSPS) is 21.0. The first-order valence-electron chi connectivity index (χ1n) is 6.90. The molecule has 0 saturated carbocycles. The molecular formula is C14H18BrNO5S. The van der Waals surface area contributed by atoms with Gasteiger partial charge in [-0.1, -0.05) is 0 Å². The lowest BCUT2D eigenvalue weighted by Crippen LogP contribution is -2.41. The first-order valence-corrected chi connectivity index (χ1v) is 8.58. The number of rotatable bonds is 7. The molecule has 2 rings (SSSR count). The van der Waals surface area contributed by atoms with Gasteiger partial charge in [-0.2, -0.15) is 0 Å². The summed E-state index contributed by atoms with van der Waals surface area (Å²) in [6.45, 7) is 1.32. The van der Waals surface area contributed by atoms with Crippen LogP contribution in [0.1, 0.15) is 17.7 Å². The van der Waals surface area contributed by atoms with Crippen LogP contribution < -0.4 is 0 Å². The molecule has 1 aliphatic heterocycles. The average molecular weight is 392 g/mol. The van der Waals surface area contributed by atoms with Crippen molar-refractivity contribution in [1.29, 1.82) is 0 Å². The van der Waals surface area contributed by atoms with Crippen molar-refractivity contribution in [2.45, 2.75) is 31.6 Å². The fourth-order valence-electron chi connectivity index (χ4n) is 2.28. The summed E-state index contributed by atoms with van der Waals surface area (Å²) in [7, 11) is 1.58. The number of ether oxygens (including phenoxy) is 2. The topological polar surface area (TPSA) is 76.1 Å². The Kier molecular flexibility index (Phi) is 6.37. The summed E-state index contributed by atoms with van der Waals surface area (Å²) in [5.41, 5.74) is 0. The summed E-state index contributed by atoms with van der Waals surface area (Å²) < 4.78 is 11.4. The first-order chi connectivity index (χ1) is 10.5. The predicted molar refractivity (Wildman–Crippen MR) is 84.8 cm³/mol. The van der Waals surface area contributed by atoms with E-state index in [0.29, 0.717) is 32.5 Å². The molecule has 1 amide bonds. The number of carbonyl (C=O) groups excluding carboxylic acids is 1. The second kappa shape index (κ2) is 8.05. The highest BCUT2D eigenvalue weighted by molar-refractivity contribution is 9.10. The van der Waals surface area contributed by atoms with E-state index in [0.717, 1.165) is 9.35 Å². The minimum Gasteiger partial charge on any atom is -0.479 e. The largest absolute Gasteiger partial charge is 0.479 e. The van der Waals surface area contributed by atoms with Crippen LogP contribution in [0.5, 0.6) is 0 Å². The van der Waals surface area contributed by atoms with Gasteiger partial charge in [0.15, 0.2) is 6.10 Å². The van der Waals surface area contributed by atoms with Crippen LogP contribution in [0.25, 0.3) is 0 Å². The molecule has 122 valence electrons. The molecule has 8 heteroatoms. The fourth-order valence-corrected chi connectivity index (χ4v) is 3.78. The number of amides is 1. The van der Waals surface area contributed by atoms with Crippen molar-refractivity contribution in [2.24, 2.45) is 0 Å². The molecule has 0 aromatic carbocycles. The molecule has 1 aromatic rings. The van der Waals surface area contributed by atoms with Crippen molar-refractivity contribution in [1.82, 2.24) is 4.90 Å². The maximum atomic E-state index is 12.6. The monoisotopic (exact) mass is 391 g/mol. The third-order valence-corrected chi connectivity index (χ3v) is 5.38. The maximum Gasteiger partial charge on any atom is 0.332 e. The highest BCUT2D eigenvalue weighted by Gasteiger charge is 2.36. The zero-order valence-electron chi connectivity index (χ0n) is 12.2. The highest BCUT2D eigenvalue weighted by Crippen LogP contribution is 2.26. The smallest absolute Gasteiger partial charge is 0.332 e. The zero-order valence-corrected chi connectivity index (χ0v) is 14.6. The van der Waals surface area contributed by atoms with Gasteiger partial charge in [-0.25, -0.2) is 4.79 Å². The van der Waals surface area contributed by atoms with Gasteiger partial charge < -0.3 is 19.5 Å². The van der Waals surface area contributed by atoms with E-state index < -0.39 is 18.2 Å². The van der Waals surface area contributed by atoms with Crippen molar-refractivity contribution in [3.05, 3.63) is 20.8 Å². The van der Waals surface area contributed by atoms with Gasteiger partial charge in [-0.15, -0.1) is 11.3 Å². The van der Waals surface area contributed by atoms with Gasteiger partial charge in [0.05, 0.1) is 13.2 Å². The zero-order chi connectivity index (χ0) is 16.1. The number of hydrogen-bond acceptors (Lipinski definition) is 5. The standard InChI is InChI=1S/C14H18BrNO5S/c1-20-6-5-16(8-12-9(15)4-7-22-12)13(17)10-2-3-11(21-10)14(18)19/h4,7,10-11H,2-3,5-6,8H2,1H3,(H,18,19)/t10-,11+/m0/s1. The van der Waals surface area contributed by atoms with E-state index in [1.54, 1.807) is 23.3 Å². The van der Waals surface area contributed by atoms with Gasteiger partial charge in [0, 0.05) is 23.0 Å². The summed E-state index contributed by atoms with van der Waals surface area (Å²) in [6.07, 6.45) is -0.763.